The molecule has 92 valence electrons. The van der Waals surface area contributed by atoms with Gasteiger partial charge in [-0.05, 0) is 11.6 Å². The van der Waals surface area contributed by atoms with E-state index in [0.717, 1.165) is 11.3 Å². The zero-order chi connectivity index (χ0) is 12.1. The predicted molar refractivity (Wildman–Crippen MR) is 63.5 cm³/mol. The summed E-state index contributed by atoms with van der Waals surface area (Å²) in [5.41, 5.74) is 7.23. The SMILES string of the molecule is NCc1ccccc1NC(=O)COC1COC1. The quantitative estimate of drug-likeness (QED) is 0.780. The molecule has 0 bridgehead atoms. The van der Waals surface area contributed by atoms with Gasteiger partial charge in [0.1, 0.15) is 12.7 Å². The smallest absolute Gasteiger partial charge is 0.250 e. The van der Waals surface area contributed by atoms with Crippen LogP contribution in [0.25, 0.3) is 0 Å². The Hall–Kier alpha value is -1.43. The van der Waals surface area contributed by atoms with Crippen molar-refractivity contribution in [2.24, 2.45) is 5.73 Å². The van der Waals surface area contributed by atoms with E-state index in [0.29, 0.717) is 19.8 Å². The number of nitrogens with one attached hydrogen (secondary N) is 1. The van der Waals surface area contributed by atoms with Gasteiger partial charge in [-0.25, -0.2) is 0 Å². The first-order chi connectivity index (χ1) is 8.29. The molecule has 17 heavy (non-hydrogen) atoms. The van der Waals surface area contributed by atoms with Crippen molar-refractivity contribution >= 4 is 11.6 Å². The predicted octanol–water partition coefficient (Wildman–Crippen LogP) is 0.499. The van der Waals surface area contributed by atoms with Crippen molar-refractivity contribution in [2.45, 2.75) is 12.6 Å². The molecule has 0 atom stereocenters. The highest BCUT2D eigenvalue weighted by Crippen LogP contribution is 2.14. The van der Waals surface area contributed by atoms with Gasteiger partial charge in [-0.1, -0.05) is 18.2 Å². The fourth-order valence-corrected chi connectivity index (χ4v) is 1.51. The van der Waals surface area contributed by atoms with E-state index >= 15 is 0 Å². The first-order valence-electron chi connectivity index (χ1n) is 5.57. The van der Waals surface area contributed by atoms with Crippen molar-refractivity contribution in [1.82, 2.24) is 0 Å². The van der Waals surface area contributed by atoms with Crippen molar-refractivity contribution in [1.29, 1.82) is 0 Å². The molecule has 3 N–H and O–H groups in total. The van der Waals surface area contributed by atoms with E-state index in [1.165, 1.54) is 0 Å². The van der Waals surface area contributed by atoms with E-state index in [1.807, 2.05) is 24.3 Å². The van der Waals surface area contributed by atoms with Crippen molar-refractivity contribution in [3.05, 3.63) is 29.8 Å². The van der Waals surface area contributed by atoms with Crippen LogP contribution >= 0.6 is 0 Å². The number of benzene rings is 1. The average molecular weight is 236 g/mol. The Morgan fingerprint density at radius 2 is 2.24 bits per heavy atom. The highest BCUT2D eigenvalue weighted by molar-refractivity contribution is 5.92. The molecule has 5 heteroatoms. The maximum atomic E-state index is 11.6. The van der Waals surface area contributed by atoms with E-state index < -0.39 is 0 Å². The van der Waals surface area contributed by atoms with Crippen molar-refractivity contribution in [3.63, 3.8) is 0 Å². The Morgan fingerprint density at radius 3 is 2.88 bits per heavy atom. The van der Waals surface area contributed by atoms with E-state index in [4.69, 9.17) is 15.2 Å². The number of carbonyl (C=O) groups excluding carboxylic acids is 1. The first-order valence-corrected chi connectivity index (χ1v) is 5.57. The Balaban J connectivity index is 1.84. The summed E-state index contributed by atoms with van der Waals surface area (Å²) in [6, 6.07) is 7.46. The third-order valence-corrected chi connectivity index (χ3v) is 2.57. The second kappa shape index (κ2) is 5.77. The molecular weight excluding hydrogens is 220 g/mol. The highest BCUT2D eigenvalue weighted by Gasteiger charge is 2.19. The molecule has 5 nitrogen and oxygen atoms in total. The van der Waals surface area contributed by atoms with Gasteiger partial charge in [0.2, 0.25) is 5.91 Å². The van der Waals surface area contributed by atoms with Crippen LogP contribution in [0, 0.1) is 0 Å². The number of hydrogen-bond donors (Lipinski definition) is 2. The summed E-state index contributed by atoms with van der Waals surface area (Å²) in [6.07, 6.45) is 0.0607. The summed E-state index contributed by atoms with van der Waals surface area (Å²) in [5, 5.41) is 2.78. The second-order valence-electron chi connectivity index (χ2n) is 3.88. The number of hydrogen-bond acceptors (Lipinski definition) is 4. The second-order valence-corrected chi connectivity index (χ2v) is 3.88. The summed E-state index contributed by atoms with van der Waals surface area (Å²) in [7, 11) is 0. The zero-order valence-corrected chi connectivity index (χ0v) is 9.52. The molecule has 0 unspecified atom stereocenters. The van der Waals surface area contributed by atoms with Crippen LogP contribution in [0.15, 0.2) is 24.3 Å². The molecule has 1 aromatic rings. The van der Waals surface area contributed by atoms with Crippen LogP contribution in [-0.2, 0) is 20.8 Å². The van der Waals surface area contributed by atoms with E-state index in [-0.39, 0.29) is 18.6 Å². The van der Waals surface area contributed by atoms with Crippen LogP contribution in [-0.4, -0.2) is 31.8 Å². The molecule has 1 aliphatic rings. The van der Waals surface area contributed by atoms with Crippen LogP contribution < -0.4 is 11.1 Å². The van der Waals surface area contributed by atoms with Gasteiger partial charge in [0.05, 0.1) is 13.2 Å². The van der Waals surface area contributed by atoms with Crippen molar-refractivity contribution in [3.8, 4) is 0 Å². The van der Waals surface area contributed by atoms with Crippen LogP contribution in [0.1, 0.15) is 5.56 Å². The summed E-state index contributed by atoms with van der Waals surface area (Å²) >= 11 is 0. The number of amides is 1. The van der Waals surface area contributed by atoms with E-state index in [9.17, 15) is 4.79 Å². The number of rotatable bonds is 5. The van der Waals surface area contributed by atoms with Crippen LogP contribution in [0.5, 0.6) is 0 Å². The summed E-state index contributed by atoms with van der Waals surface area (Å²) < 4.78 is 10.3. The maximum Gasteiger partial charge on any atom is 0.250 e. The third kappa shape index (κ3) is 3.26. The zero-order valence-electron chi connectivity index (χ0n) is 9.52. The fourth-order valence-electron chi connectivity index (χ4n) is 1.51. The van der Waals surface area contributed by atoms with E-state index in [2.05, 4.69) is 5.32 Å². The first kappa shape index (κ1) is 12.0. The lowest BCUT2D eigenvalue weighted by Crippen LogP contribution is -2.38. The molecule has 0 radical (unpaired) electrons. The van der Waals surface area contributed by atoms with Gasteiger partial charge in [-0.3, -0.25) is 4.79 Å². The lowest BCUT2D eigenvalue weighted by molar-refractivity contribution is -0.144. The van der Waals surface area contributed by atoms with Crippen molar-refractivity contribution in [2.75, 3.05) is 25.1 Å². The van der Waals surface area contributed by atoms with Gasteiger partial charge in [0, 0.05) is 12.2 Å². The molecule has 2 rings (SSSR count). The van der Waals surface area contributed by atoms with Gasteiger partial charge in [0.25, 0.3) is 0 Å². The van der Waals surface area contributed by atoms with Crippen LogP contribution in [0.4, 0.5) is 5.69 Å². The maximum absolute atomic E-state index is 11.6. The molecule has 0 saturated carbocycles. The number of carbonyl (C=O) groups is 1. The molecule has 1 fully saturated rings. The van der Waals surface area contributed by atoms with Gasteiger partial charge in [0.15, 0.2) is 0 Å². The Labute approximate surface area is 99.9 Å². The molecule has 0 aromatic heterocycles. The Morgan fingerprint density at radius 1 is 1.47 bits per heavy atom. The molecule has 0 spiro atoms. The Kier molecular flexibility index (Phi) is 4.08. The molecule has 1 heterocycles. The molecular formula is C12H16N2O3. The van der Waals surface area contributed by atoms with Gasteiger partial charge < -0.3 is 20.5 Å². The number of para-hydroxylation sites is 1. The molecule has 1 saturated heterocycles. The van der Waals surface area contributed by atoms with Crippen LogP contribution in [0.3, 0.4) is 0 Å². The van der Waals surface area contributed by atoms with Gasteiger partial charge in [-0.15, -0.1) is 0 Å². The normalized spacial score (nSPS) is 15.4. The minimum atomic E-state index is -0.169. The monoisotopic (exact) mass is 236 g/mol. The van der Waals surface area contributed by atoms with E-state index in [1.54, 1.807) is 0 Å². The van der Waals surface area contributed by atoms with Crippen molar-refractivity contribution < 1.29 is 14.3 Å². The van der Waals surface area contributed by atoms with Crippen LogP contribution in [0.2, 0.25) is 0 Å². The fraction of sp³-hybridized carbons (Fsp3) is 0.417. The minimum Gasteiger partial charge on any atom is -0.376 e. The summed E-state index contributed by atoms with van der Waals surface area (Å²) in [5.74, 6) is -0.169. The number of ether oxygens (including phenoxy) is 2. The Bertz CT molecular complexity index is 391. The molecule has 0 aliphatic carbocycles. The third-order valence-electron chi connectivity index (χ3n) is 2.57. The average Bonchev–Trinajstić information content (AvgIpc) is 2.27. The standard InChI is InChI=1S/C12H16N2O3/c13-5-9-3-1-2-4-11(9)14-12(15)8-17-10-6-16-7-10/h1-4,10H,5-8,13H2,(H,14,15). The topological polar surface area (TPSA) is 73.6 Å². The van der Waals surface area contributed by atoms with Gasteiger partial charge >= 0.3 is 0 Å². The molecule has 1 aliphatic heterocycles. The number of nitrogens with two attached hydrogens (primary N) is 1. The largest absolute Gasteiger partial charge is 0.376 e. The lowest BCUT2D eigenvalue weighted by atomic mass is 10.2. The summed E-state index contributed by atoms with van der Waals surface area (Å²) in [4.78, 5) is 11.6. The van der Waals surface area contributed by atoms with Gasteiger partial charge in [-0.2, -0.15) is 0 Å². The lowest BCUT2D eigenvalue weighted by Gasteiger charge is -2.25. The summed E-state index contributed by atoms with van der Waals surface area (Å²) in [6.45, 7) is 1.60. The minimum absolute atomic E-state index is 0.0485. The number of anilines is 1. The molecule has 1 amide bonds. The highest BCUT2D eigenvalue weighted by atomic mass is 16.6. The molecule has 1 aromatic carbocycles.